The van der Waals surface area contributed by atoms with Crippen molar-refractivity contribution in [2.75, 3.05) is 31.6 Å². The van der Waals surface area contributed by atoms with E-state index >= 15 is 0 Å². The van der Waals surface area contributed by atoms with Crippen LogP contribution in [0.15, 0.2) is 12.3 Å². The Morgan fingerprint density at radius 3 is 2.84 bits per heavy atom. The molecule has 25 heavy (non-hydrogen) atoms. The summed E-state index contributed by atoms with van der Waals surface area (Å²) in [6.07, 6.45) is 4.15. The van der Waals surface area contributed by atoms with Gasteiger partial charge in [0.2, 0.25) is 0 Å². The van der Waals surface area contributed by atoms with Crippen molar-refractivity contribution in [2.24, 2.45) is 11.8 Å². The second-order valence-corrected chi connectivity index (χ2v) is 7.19. The van der Waals surface area contributed by atoms with E-state index in [1.165, 1.54) is 0 Å². The van der Waals surface area contributed by atoms with Crippen LogP contribution in [0, 0.1) is 18.8 Å². The Hall–Kier alpha value is -2.15. The van der Waals surface area contributed by atoms with Crippen LogP contribution in [0.5, 0.6) is 0 Å². The fourth-order valence-corrected chi connectivity index (χ4v) is 4.39. The molecule has 7 heteroatoms. The van der Waals surface area contributed by atoms with E-state index in [1.54, 1.807) is 0 Å². The van der Waals surface area contributed by atoms with E-state index in [1.807, 2.05) is 26.1 Å². The number of nitrogens with zero attached hydrogens (tertiary/aromatic N) is 3. The molecule has 134 valence electrons. The highest BCUT2D eigenvalue weighted by molar-refractivity contribution is 5.87. The lowest BCUT2D eigenvalue weighted by Crippen LogP contribution is -2.31. The van der Waals surface area contributed by atoms with Crippen LogP contribution < -0.4 is 5.32 Å². The van der Waals surface area contributed by atoms with E-state index in [4.69, 9.17) is 4.74 Å². The second kappa shape index (κ2) is 6.63. The van der Waals surface area contributed by atoms with Crippen molar-refractivity contribution in [3.8, 4) is 0 Å². The van der Waals surface area contributed by atoms with Gasteiger partial charge in [0.15, 0.2) is 0 Å². The van der Waals surface area contributed by atoms with E-state index in [2.05, 4.69) is 25.2 Å². The quantitative estimate of drug-likeness (QED) is 0.808. The highest BCUT2D eigenvalue weighted by Gasteiger charge is 2.41. The predicted octanol–water partition coefficient (Wildman–Crippen LogP) is 1.95. The van der Waals surface area contributed by atoms with Gasteiger partial charge < -0.3 is 15.0 Å². The van der Waals surface area contributed by atoms with Gasteiger partial charge in [-0.3, -0.25) is 9.69 Å². The molecule has 2 aromatic rings. The Balaban J connectivity index is 1.37. The molecule has 0 aromatic carbocycles. The summed E-state index contributed by atoms with van der Waals surface area (Å²) in [6.45, 7) is 6.63. The Bertz CT molecular complexity index is 760. The molecule has 2 aliphatic rings. The fraction of sp³-hybridized carbons (Fsp3) is 0.611. The smallest absolute Gasteiger partial charge is 0.320 e. The van der Waals surface area contributed by atoms with Crippen LogP contribution in [0.3, 0.4) is 0 Å². The van der Waals surface area contributed by atoms with Crippen LogP contribution in [0.2, 0.25) is 0 Å². The summed E-state index contributed by atoms with van der Waals surface area (Å²) in [5, 5.41) is 4.68. The predicted molar refractivity (Wildman–Crippen MR) is 95.3 cm³/mol. The van der Waals surface area contributed by atoms with Gasteiger partial charge >= 0.3 is 5.97 Å². The van der Waals surface area contributed by atoms with Gasteiger partial charge in [-0.2, -0.15) is 0 Å². The monoisotopic (exact) mass is 343 g/mol. The first-order valence-electron chi connectivity index (χ1n) is 9.08. The number of hydrogen-bond donors (Lipinski definition) is 2. The lowest BCUT2D eigenvalue weighted by molar-refractivity contribution is -0.144. The number of rotatable bonds is 5. The van der Waals surface area contributed by atoms with Crippen molar-refractivity contribution in [2.45, 2.75) is 32.7 Å². The minimum Gasteiger partial charge on any atom is -0.465 e. The van der Waals surface area contributed by atoms with Crippen molar-refractivity contribution < 1.29 is 9.53 Å². The number of esters is 1. The molecule has 0 spiro atoms. The third-order valence-electron chi connectivity index (χ3n) is 5.35. The number of fused-ring (bicyclic) bond motifs is 2. The number of H-pyrrole nitrogens is 1. The number of likely N-dealkylation sites (tertiary alicyclic amines) is 1. The van der Waals surface area contributed by atoms with Crippen LogP contribution in [-0.2, 0) is 9.53 Å². The van der Waals surface area contributed by atoms with Crippen LogP contribution >= 0.6 is 0 Å². The minimum atomic E-state index is -0.108. The Labute approximate surface area is 147 Å². The molecule has 1 saturated heterocycles. The van der Waals surface area contributed by atoms with Gasteiger partial charge in [-0.15, -0.1) is 0 Å². The summed E-state index contributed by atoms with van der Waals surface area (Å²) in [5.74, 6) is 2.89. The van der Waals surface area contributed by atoms with Crippen LogP contribution in [0.4, 0.5) is 5.82 Å². The SMILES string of the molecule is CCOC(=O)CN1C[C@H]2CC(Nc3nc(C)nc4[nH]ccc34)C[C@H]2C1. The molecule has 1 aliphatic heterocycles. The third kappa shape index (κ3) is 3.33. The Morgan fingerprint density at radius 1 is 1.36 bits per heavy atom. The molecule has 1 aliphatic carbocycles. The number of aryl methyl sites for hydroxylation is 1. The molecular weight excluding hydrogens is 318 g/mol. The first-order chi connectivity index (χ1) is 12.1. The second-order valence-electron chi connectivity index (χ2n) is 7.19. The number of hydrogen-bond acceptors (Lipinski definition) is 6. The van der Waals surface area contributed by atoms with Gasteiger partial charge in [0.1, 0.15) is 17.3 Å². The average Bonchev–Trinajstić information content (AvgIpc) is 3.21. The highest BCUT2D eigenvalue weighted by Crippen LogP contribution is 2.39. The molecule has 0 radical (unpaired) electrons. The standard InChI is InChI=1S/C18H25N5O2/c1-3-25-16(24)10-23-8-12-6-14(7-13(12)9-23)22-18-15-4-5-19-17(15)20-11(2)21-18/h4-5,12-14H,3,6-10H2,1-2H3,(H2,19,20,21,22)/t12-,13+,14?. The highest BCUT2D eigenvalue weighted by atomic mass is 16.5. The fourth-order valence-electron chi connectivity index (χ4n) is 4.39. The largest absolute Gasteiger partial charge is 0.465 e. The summed E-state index contributed by atoms with van der Waals surface area (Å²) in [6, 6.07) is 2.46. The molecule has 2 aromatic heterocycles. The third-order valence-corrected chi connectivity index (χ3v) is 5.35. The molecule has 0 amide bonds. The Kier molecular flexibility index (Phi) is 4.33. The molecule has 0 bridgehead atoms. The van der Waals surface area contributed by atoms with Gasteiger partial charge in [-0.1, -0.05) is 0 Å². The molecule has 4 rings (SSSR count). The van der Waals surface area contributed by atoms with Crippen molar-refractivity contribution in [3.63, 3.8) is 0 Å². The topological polar surface area (TPSA) is 83.1 Å². The summed E-state index contributed by atoms with van der Waals surface area (Å²) in [5.41, 5.74) is 0.883. The minimum absolute atomic E-state index is 0.108. The van der Waals surface area contributed by atoms with Crippen molar-refractivity contribution >= 4 is 22.8 Å². The molecule has 2 N–H and O–H groups in total. The molecule has 3 atom stereocenters. The summed E-state index contributed by atoms with van der Waals surface area (Å²) >= 11 is 0. The molecule has 7 nitrogen and oxygen atoms in total. The lowest BCUT2D eigenvalue weighted by Gasteiger charge is -2.19. The van der Waals surface area contributed by atoms with E-state index in [-0.39, 0.29) is 5.97 Å². The molecular formula is C18H25N5O2. The molecule has 1 unspecified atom stereocenters. The van der Waals surface area contributed by atoms with E-state index in [0.717, 1.165) is 48.6 Å². The molecule has 1 saturated carbocycles. The first-order valence-corrected chi connectivity index (χ1v) is 9.08. The maximum atomic E-state index is 11.7. The van der Waals surface area contributed by atoms with Gasteiger partial charge in [0, 0.05) is 25.3 Å². The average molecular weight is 343 g/mol. The number of carbonyl (C=O) groups is 1. The maximum absolute atomic E-state index is 11.7. The summed E-state index contributed by atoms with van der Waals surface area (Å²) in [4.78, 5) is 26.1. The van der Waals surface area contributed by atoms with Gasteiger partial charge in [0.25, 0.3) is 0 Å². The van der Waals surface area contributed by atoms with E-state index in [9.17, 15) is 4.79 Å². The van der Waals surface area contributed by atoms with Gasteiger partial charge in [0.05, 0.1) is 18.5 Å². The zero-order chi connectivity index (χ0) is 17.4. The maximum Gasteiger partial charge on any atom is 0.320 e. The molecule has 3 heterocycles. The number of nitrogens with one attached hydrogen (secondary N) is 2. The van der Waals surface area contributed by atoms with Crippen LogP contribution in [-0.4, -0.2) is 58.1 Å². The first kappa shape index (κ1) is 16.3. The van der Waals surface area contributed by atoms with Crippen LogP contribution in [0.25, 0.3) is 11.0 Å². The van der Waals surface area contributed by atoms with Crippen molar-refractivity contribution in [1.29, 1.82) is 0 Å². The van der Waals surface area contributed by atoms with E-state index < -0.39 is 0 Å². The zero-order valence-corrected chi connectivity index (χ0v) is 14.8. The van der Waals surface area contributed by atoms with Crippen LogP contribution in [0.1, 0.15) is 25.6 Å². The number of aromatic nitrogens is 3. The van der Waals surface area contributed by atoms with Gasteiger partial charge in [-0.05, 0) is 44.6 Å². The van der Waals surface area contributed by atoms with Gasteiger partial charge in [-0.25, -0.2) is 9.97 Å². The number of carbonyl (C=O) groups excluding carboxylic acids is 1. The Morgan fingerprint density at radius 2 is 2.12 bits per heavy atom. The van der Waals surface area contributed by atoms with Crippen molar-refractivity contribution in [3.05, 3.63) is 18.1 Å². The summed E-state index contributed by atoms with van der Waals surface area (Å²) < 4.78 is 5.06. The number of ether oxygens (including phenoxy) is 1. The number of aromatic amines is 1. The van der Waals surface area contributed by atoms with Crippen molar-refractivity contribution in [1.82, 2.24) is 19.9 Å². The number of anilines is 1. The molecule has 2 fully saturated rings. The normalized spacial score (nSPS) is 26.1. The lowest BCUT2D eigenvalue weighted by atomic mass is 10.0. The summed E-state index contributed by atoms with van der Waals surface area (Å²) in [7, 11) is 0. The zero-order valence-electron chi connectivity index (χ0n) is 14.8. The van der Waals surface area contributed by atoms with E-state index in [0.29, 0.717) is 31.0 Å².